The van der Waals surface area contributed by atoms with Crippen molar-refractivity contribution in [3.63, 3.8) is 0 Å². The molecule has 0 saturated heterocycles. The van der Waals surface area contributed by atoms with Gasteiger partial charge in [0, 0.05) is 13.1 Å². The van der Waals surface area contributed by atoms with E-state index in [9.17, 15) is 13.2 Å². The van der Waals surface area contributed by atoms with Gasteiger partial charge in [-0.1, -0.05) is 48.5 Å². The molecule has 2 N–H and O–H groups in total. The molecule has 0 fully saturated rings. The van der Waals surface area contributed by atoms with E-state index in [1.165, 1.54) is 12.1 Å². The van der Waals surface area contributed by atoms with Crippen molar-refractivity contribution >= 4 is 16.1 Å². The van der Waals surface area contributed by atoms with Crippen LogP contribution in [0.1, 0.15) is 12.0 Å². The van der Waals surface area contributed by atoms with Gasteiger partial charge < -0.3 is 10.1 Å². The standard InChI is InChI=1S/C17H20N2O4S/c20-17(23-14-15-8-3-1-4-9-15)18-12-7-13-19-24(21,22)16-10-5-2-6-11-16/h1-6,8-11,19H,7,12-14H2,(H,18,20). The molecule has 0 aliphatic heterocycles. The smallest absolute Gasteiger partial charge is 0.407 e. The molecular formula is C17H20N2O4S. The van der Waals surface area contributed by atoms with Gasteiger partial charge in [0.05, 0.1) is 4.90 Å². The highest BCUT2D eigenvalue weighted by molar-refractivity contribution is 7.89. The van der Waals surface area contributed by atoms with Gasteiger partial charge in [-0.3, -0.25) is 0 Å². The zero-order valence-electron chi connectivity index (χ0n) is 13.1. The Bertz CT molecular complexity index is 734. The van der Waals surface area contributed by atoms with Crippen LogP contribution in [0.25, 0.3) is 0 Å². The molecule has 0 atom stereocenters. The number of hydrogen-bond acceptors (Lipinski definition) is 4. The molecule has 0 aliphatic carbocycles. The maximum absolute atomic E-state index is 12.0. The fourth-order valence-corrected chi connectivity index (χ4v) is 3.04. The van der Waals surface area contributed by atoms with E-state index in [-0.39, 0.29) is 18.0 Å². The van der Waals surface area contributed by atoms with Crippen LogP contribution in [0.4, 0.5) is 4.79 Å². The quantitative estimate of drug-likeness (QED) is 0.717. The molecule has 0 saturated carbocycles. The number of hydrogen-bond donors (Lipinski definition) is 2. The second-order valence-electron chi connectivity index (χ2n) is 5.05. The van der Waals surface area contributed by atoms with Crippen molar-refractivity contribution in [3.05, 3.63) is 66.2 Å². The molecule has 2 rings (SSSR count). The number of alkyl carbamates (subject to hydrolysis) is 1. The maximum Gasteiger partial charge on any atom is 0.407 e. The molecule has 128 valence electrons. The number of sulfonamides is 1. The Balaban J connectivity index is 1.62. The van der Waals surface area contributed by atoms with Gasteiger partial charge in [0.2, 0.25) is 10.0 Å². The highest BCUT2D eigenvalue weighted by Gasteiger charge is 2.12. The van der Waals surface area contributed by atoms with E-state index in [1.807, 2.05) is 30.3 Å². The Morgan fingerprint density at radius 2 is 1.54 bits per heavy atom. The summed E-state index contributed by atoms with van der Waals surface area (Å²) in [6.45, 7) is 0.758. The second kappa shape index (κ2) is 9.05. The summed E-state index contributed by atoms with van der Waals surface area (Å²) in [5.41, 5.74) is 0.906. The third-order valence-corrected chi connectivity index (χ3v) is 4.66. The summed E-state index contributed by atoms with van der Waals surface area (Å²) in [5.74, 6) is 0. The van der Waals surface area contributed by atoms with Crippen LogP contribution in [0.5, 0.6) is 0 Å². The Morgan fingerprint density at radius 1 is 0.917 bits per heavy atom. The average Bonchev–Trinajstić information content (AvgIpc) is 2.61. The molecule has 7 heteroatoms. The summed E-state index contributed by atoms with van der Waals surface area (Å²) in [4.78, 5) is 11.7. The lowest BCUT2D eigenvalue weighted by molar-refractivity contribution is 0.139. The summed E-state index contributed by atoms with van der Waals surface area (Å²) >= 11 is 0. The van der Waals surface area contributed by atoms with Crippen LogP contribution in [0.15, 0.2) is 65.6 Å². The first-order chi connectivity index (χ1) is 11.6. The molecule has 2 aromatic carbocycles. The monoisotopic (exact) mass is 348 g/mol. The predicted octanol–water partition coefficient (Wildman–Crippen LogP) is 2.28. The number of rotatable bonds is 8. The van der Waals surface area contributed by atoms with E-state index in [4.69, 9.17) is 4.74 Å². The van der Waals surface area contributed by atoms with Gasteiger partial charge in [0.15, 0.2) is 0 Å². The summed E-state index contributed by atoms with van der Waals surface area (Å²) in [6.07, 6.45) is -0.0586. The molecule has 0 unspecified atom stereocenters. The van der Waals surface area contributed by atoms with E-state index in [1.54, 1.807) is 18.2 Å². The molecule has 1 amide bonds. The van der Waals surface area contributed by atoms with Gasteiger partial charge in [0.25, 0.3) is 0 Å². The van der Waals surface area contributed by atoms with Crippen LogP contribution in [0.3, 0.4) is 0 Å². The lowest BCUT2D eigenvalue weighted by atomic mass is 10.2. The summed E-state index contributed by atoms with van der Waals surface area (Å²) in [7, 11) is -3.50. The normalized spacial score (nSPS) is 11.0. The number of nitrogens with one attached hydrogen (secondary N) is 2. The lowest BCUT2D eigenvalue weighted by Gasteiger charge is -2.08. The molecule has 0 radical (unpaired) electrons. The third-order valence-electron chi connectivity index (χ3n) is 3.18. The fourth-order valence-electron chi connectivity index (χ4n) is 1.94. The number of amides is 1. The first kappa shape index (κ1) is 18.0. The highest BCUT2D eigenvalue weighted by atomic mass is 32.2. The number of ether oxygens (including phenoxy) is 1. The zero-order valence-corrected chi connectivity index (χ0v) is 14.0. The Hall–Kier alpha value is -2.38. The van der Waals surface area contributed by atoms with Crippen molar-refractivity contribution in [2.75, 3.05) is 13.1 Å². The van der Waals surface area contributed by atoms with Gasteiger partial charge in [-0.05, 0) is 24.1 Å². The van der Waals surface area contributed by atoms with Crippen molar-refractivity contribution in [2.24, 2.45) is 0 Å². The van der Waals surface area contributed by atoms with Crippen LogP contribution >= 0.6 is 0 Å². The topological polar surface area (TPSA) is 84.5 Å². The van der Waals surface area contributed by atoms with E-state index in [0.29, 0.717) is 13.0 Å². The number of carbonyl (C=O) groups is 1. The molecule has 24 heavy (non-hydrogen) atoms. The summed E-state index contributed by atoms with van der Waals surface area (Å²) in [6, 6.07) is 17.5. The molecule has 2 aromatic rings. The van der Waals surface area contributed by atoms with Crippen molar-refractivity contribution in [1.29, 1.82) is 0 Å². The minimum atomic E-state index is -3.50. The van der Waals surface area contributed by atoms with Crippen LogP contribution < -0.4 is 10.0 Å². The van der Waals surface area contributed by atoms with Crippen molar-refractivity contribution < 1.29 is 17.9 Å². The minimum Gasteiger partial charge on any atom is -0.445 e. The lowest BCUT2D eigenvalue weighted by Crippen LogP contribution is -2.30. The van der Waals surface area contributed by atoms with Crippen LogP contribution in [-0.4, -0.2) is 27.6 Å². The molecule has 0 aromatic heterocycles. The molecule has 0 spiro atoms. The first-order valence-electron chi connectivity index (χ1n) is 7.57. The first-order valence-corrected chi connectivity index (χ1v) is 9.05. The minimum absolute atomic E-state index is 0.202. The molecular weight excluding hydrogens is 328 g/mol. The van der Waals surface area contributed by atoms with Gasteiger partial charge >= 0.3 is 6.09 Å². The molecule has 0 bridgehead atoms. The van der Waals surface area contributed by atoms with E-state index >= 15 is 0 Å². The predicted molar refractivity (Wildman–Crippen MR) is 90.9 cm³/mol. The summed E-state index contributed by atoms with van der Waals surface area (Å²) in [5, 5.41) is 2.58. The van der Waals surface area contributed by atoms with E-state index < -0.39 is 16.1 Å². The second-order valence-corrected chi connectivity index (χ2v) is 6.82. The SMILES string of the molecule is O=C(NCCCNS(=O)(=O)c1ccccc1)OCc1ccccc1. The highest BCUT2D eigenvalue weighted by Crippen LogP contribution is 2.06. The van der Waals surface area contributed by atoms with Crippen molar-refractivity contribution in [2.45, 2.75) is 17.9 Å². The molecule has 0 heterocycles. The Labute approximate surface area is 141 Å². The van der Waals surface area contributed by atoms with Crippen molar-refractivity contribution in [3.8, 4) is 0 Å². The maximum atomic E-state index is 12.0. The van der Waals surface area contributed by atoms with E-state index in [2.05, 4.69) is 10.0 Å². The Kier molecular flexibility index (Phi) is 6.77. The van der Waals surface area contributed by atoms with Gasteiger partial charge in [-0.25, -0.2) is 17.9 Å². The van der Waals surface area contributed by atoms with Crippen LogP contribution in [0, 0.1) is 0 Å². The van der Waals surface area contributed by atoms with Gasteiger partial charge in [-0.15, -0.1) is 0 Å². The van der Waals surface area contributed by atoms with E-state index in [0.717, 1.165) is 5.56 Å². The Morgan fingerprint density at radius 3 is 2.21 bits per heavy atom. The molecule has 0 aliphatic rings. The van der Waals surface area contributed by atoms with Crippen LogP contribution in [0.2, 0.25) is 0 Å². The van der Waals surface area contributed by atoms with Gasteiger partial charge in [0.1, 0.15) is 6.61 Å². The van der Waals surface area contributed by atoms with Crippen molar-refractivity contribution in [1.82, 2.24) is 10.0 Å². The van der Waals surface area contributed by atoms with Crippen LogP contribution in [-0.2, 0) is 21.4 Å². The number of benzene rings is 2. The molecule has 6 nitrogen and oxygen atoms in total. The number of carbonyl (C=O) groups excluding carboxylic acids is 1. The average molecular weight is 348 g/mol. The largest absolute Gasteiger partial charge is 0.445 e. The summed E-state index contributed by atoms with van der Waals surface area (Å²) < 4.78 is 31.5. The zero-order chi connectivity index (χ0) is 17.3. The third kappa shape index (κ3) is 6.02. The van der Waals surface area contributed by atoms with Gasteiger partial charge in [-0.2, -0.15) is 0 Å². The fraction of sp³-hybridized carbons (Fsp3) is 0.235.